The van der Waals surface area contributed by atoms with Crippen molar-refractivity contribution in [1.82, 2.24) is 15.2 Å². The molecule has 1 aliphatic carbocycles. The number of piperidine rings is 1. The molecule has 0 bridgehead atoms. The van der Waals surface area contributed by atoms with Gasteiger partial charge in [-0.15, -0.1) is 0 Å². The Kier molecular flexibility index (Phi) is 5.30. The van der Waals surface area contributed by atoms with E-state index in [0.717, 1.165) is 5.56 Å². The summed E-state index contributed by atoms with van der Waals surface area (Å²) in [5.74, 6) is 0.688. The van der Waals surface area contributed by atoms with Crippen LogP contribution in [0.25, 0.3) is 0 Å². The molecule has 2 aliphatic rings. The maximum absolute atomic E-state index is 12.9. The maximum Gasteiger partial charge on any atom is 0.410 e. The average Bonchev–Trinajstić information content (AvgIpc) is 2.99. The van der Waals surface area contributed by atoms with Crippen LogP contribution in [0.2, 0.25) is 0 Å². The fourth-order valence-electron chi connectivity index (χ4n) is 4.17. The van der Waals surface area contributed by atoms with Gasteiger partial charge in [0.1, 0.15) is 12.2 Å². The van der Waals surface area contributed by atoms with Crippen molar-refractivity contribution in [3.63, 3.8) is 0 Å². The predicted octanol–water partition coefficient (Wildman–Crippen LogP) is 3.17. The van der Waals surface area contributed by atoms with Crippen LogP contribution in [0, 0.1) is 24.2 Å². The molecule has 7 nitrogen and oxygen atoms in total. The van der Waals surface area contributed by atoms with Gasteiger partial charge in [0.2, 0.25) is 11.8 Å². The first-order chi connectivity index (χ1) is 13.3. The lowest BCUT2D eigenvalue weighted by molar-refractivity contribution is -0.125. The molecular weight excluding hydrogens is 370 g/mol. The van der Waals surface area contributed by atoms with Crippen molar-refractivity contribution in [3.05, 3.63) is 23.9 Å². The second-order valence-corrected chi connectivity index (χ2v) is 10.2. The number of aryl methyl sites for hydroxylation is 1. The molecule has 160 valence electrons. The highest BCUT2D eigenvalue weighted by atomic mass is 16.6. The summed E-state index contributed by atoms with van der Waals surface area (Å²) in [6, 6.07) is 3.80. The van der Waals surface area contributed by atoms with Gasteiger partial charge in [-0.1, -0.05) is 13.0 Å². The zero-order valence-corrected chi connectivity index (χ0v) is 18.5. The van der Waals surface area contributed by atoms with E-state index in [1.165, 1.54) is 0 Å². The molecule has 3 unspecified atom stereocenters. The predicted molar refractivity (Wildman–Crippen MR) is 110 cm³/mol. The molecule has 0 radical (unpaired) electrons. The number of carbonyl (C=O) groups excluding carboxylic acids is 2. The molecule has 1 N–H and O–H groups in total. The SMILES string of the molecule is Cc1cccnc1OCC(C)(C)NC(=O)C1C2CN(C(=O)OC(C)(C)C)CC21C. The number of nitrogens with zero attached hydrogens (tertiary/aromatic N) is 2. The molecule has 2 amide bonds. The maximum atomic E-state index is 12.9. The Labute approximate surface area is 173 Å². The number of fused-ring (bicyclic) bond motifs is 1. The van der Waals surface area contributed by atoms with Gasteiger partial charge >= 0.3 is 6.09 Å². The van der Waals surface area contributed by atoms with E-state index in [0.29, 0.717) is 25.6 Å². The lowest BCUT2D eigenvalue weighted by atomic mass is 10.0. The molecule has 2 fully saturated rings. The largest absolute Gasteiger partial charge is 0.475 e. The Morgan fingerprint density at radius 3 is 2.55 bits per heavy atom. The summed E-state index contributed by atoms with van der Waals surface area (Å²) in [6.07, 6.45) is 1.39. The Bertz CT molecular complexity index is 801. The summed E-state index contributed by atoms with van der Waals surface area (Å²) >= 11 is 0. The van der Waals surface area contributed by atoms with Crippen LogP contribution in [0.4, 0.5) is 4.79 Å². The minimum atomic E-state index is -0.529. The number of rotatable bonds is 5. The number of nitrogens with one attached hydrogen (secondary N) is 1. The van der Waals surface area contributed by atoms with E-state index in [1.807, 2.05) is 53.7 Å². The fraction of sp³-hybridized carbons (Fsp3) is 0.682. The van der Waals surface area contributed by atoms with Gasteiger partial charge in [0.05, 0.1) is 11.5 Å². The van der Waals surface area contributed by atoms with E-state index >= 15 is 0 Å². The van der Waals surface area contributed by atoms with Crippen LogP contribution in [0.3, 0.4) is 0 Å². The van der Waals surface area contributed by atoms with Gasteiger partial charge in [0.25, 0.3) is 0 Å². The number of carbonyl (C=O) groups is 2. The molecular formula is C22H33N3O4. The fourth-order valence-corrected chi connectivity index (χ4v) is 4.17. The molecule has 1 saturated heterocycles. The number of amides is 2. The monoisotopic (exact) mass is 403 g/mol. The number of likely N-dealkylation sites (tertiary alicyclic amines) is 1. The minimum Gasteiger partial charge on any atom is -0.475 e. The summed E-state index contributed by atoms with van der Waals surface area (Å²) in [5, 5.41) is 3.12. The molecule has 1 aliphatic heterocycles. The van der Waals surface area contributed by atoms with Gasteiger partial charge in [-0.3, -0.25) is 4.79 Å². The summed E-state index contributed by atoms with van der Waals surface area (Å²) < 4.78 is 11.3. The van der Waals surface area contributed by atoms with E-state index in [-0.39, 0.29) is 29.3 Å². The number of hydrogen-bond acceptors (Lipinski definition) is 5. The van der Waals surface area contributed by atoms with Gasteiger partial charge in [-0.05, 0) is 53.5 Å². The molecule has 3 atom stereocenters. The zero-order chi connectivity index (χ0) is 21.6. The number of pyridine rings is 1. The first-order valence-electron chi connectivity index (χ1n) is 10.2. The van der Waals surface area contributed by atoms with Crippen LogP contribution in [0.15, 0.2) is 18.3 Å². The molecule has 1 aromatic rings. The van der Waals surface area contributed by atoms with Gasteiger partial charge in [-0.25, -0.2) is 9.78 Å². The van der Waals surface area contributed by atoms with E-state index in [1.54, 1.807) is 11.1 Å². The average molecular weight is 404 g/mol. The topological polar surface area (TPSA) is 80.8 Å². The summed E-state index contributed by atoms with van der Waals surface area (Å²) in [4.78, 5) is 31.2. The summed E-state index contributed by atoms with van der Waals surface area (Å²) in [7, 11) is 0. The third kappa shape index (κ3) is 4.65. The van der Waals surface area contributed by atoms with Crippen LogP contribution < -0.4 is 10.1 Å². The van der Waals surface area contributed by atoms with Crippen LogP contribution in [-0.2, 0) is 9.53 Å². The number of ether oxygens (including phenoxy) is 2. The van der Waals surface area contributed by atoms with Gasteiger partial charge in [-0.2, -0.15) is 0 Å². The molecule has 7 heteroatoms. The van der Waals surface area contributed by atoms with Gasteiger partial charge in [0.15, 0.2) is 0 Å². The third-order valence-corrected chi connectivity index (χ3v) is 5.73. The van der Waals surface area contributed by atoms with Crippen molar-refractivity contribution < 1.29 is 19.1 Å². The first-order valence-corrected chi connectivity index (χ1v) is 10.2. The quantitative estimate of drug-likeness (QED) is 0.817. The van der Waals surface area contributed by atoms with Crippen molar-refractivity contribution in [3.8, 4) is 5.88 Å². The van der Waals surface area contributed by atoms with Crippen molar-refractivity contribution in [2.75, 3.05) is 19.7 Å². The number of aromatic nitrogens is 1. The normalized spacial score (nSPS) is 26.0. The third-order valence-electron chi connectivity index (χ3n) is 5.73. The van der Waals surface area contributed by atoms with Crippen LogP contribution in [0.1, 0.15) is 47.1 Å². The highest BCUT2D eigenvalue weighted by molar-refractivity contribution is 5.85. The van der Waals surface area contributed by atoms with E-state index in [2.05, 4.69) is 17.2 Å². The van der Waals surface area contributed by atoms with Crippen molar-refractivity contribution in [2.45, 2.75) is 59.6 Å². The second kappa shape index (κ2) is 7.18. The zero-order valence-electron chi connectivity index (χ0n) is 18.5. The second-order valence-electron chi connectivity index (χ2n) is 10.2. The van der Waals surface area contributed by atoms with Crippen LogP contribution in [-0.4, -0.2) is 52.7 Å². The van der Waals surface area contributed by atoms with Gasteiger partial charge < -0.3 is 19.7 Å². The molecule has 1 saturated carbocycles. The molecule has 0 spiro atoms. The molecule has 1 aromatic heterocycles. The standard InChI is InChI=1S/C22H33N3O4/c1-14-9-8-10-23-18(14)28-13-21(5,6)24-17(26)16-15-11-25(12-22(15,16)7)19(27)29-20(2,3)4/h8-10,15-16H,11-13H2,1-7H3,(H,24,26). The van der Waals surface area contributed by atoms with E-state index in [4.69, 9.17) is 9.47 Å². The van der Waals surface area contributed by atoms with E-state index < -0.39 is 11.1 Å². The highest BCUT2D eigenvalue weighted by Gasteiger charge is 2.70. The summed E-state index contributed by atoms with van der Waals surface area (Å²) in [6.45, 7) is 14.9. The molecule has 3 rings (SSSR count). The van der Waals surface area contributed by atoms with Crippen molar-refractivity contribution >= 4 is 12.0 Å². The summed E-state index contributed by atoms with van der Waals surface area (Å²) in [5.41, 5.74) is -0.271. The Morgan fingerprint density at radius 1 is 1.31 bits per heavy atom. The molecule has 29 heavy (non-hydrogen) atoms. The van der Waals surface area contributed by atoms with Crippen molar-refractivity contribution in [1.29, 1.82) is 0 Å². The minimum absolute atomic E-state index is 0.0210. The lowest BCUT2D eigenvalue weighted by Crippen LogP contribution is -2.50. The molecule has 2 heterocycles. The number of hydrogen-bond donors (Lipinski definition) is 1. The smallest absolute Gasteiger partial charge is 0.410 e. The van der Waals surface area contributed by atoms with Gasteiger partial charge in [0, 0.05) is 30.3 Å². The lowest BCUT2D eigenvalue weighted by Gasteiger charge is -2.29. The Hall–Kier alpha value is -2.31. The first kappa shape index (κ1) is 21.4. The Morgan fingerprint density at radius 2 is 2.00 bits per heavy atom. The van der Waals surface area contributed by atoms with E-state index in [9.17, 15) is 9.59 Å². The molecule has 0 aromatic carbocycles. The van der Waals surface area contributed by atoms with Crippen molar-refractivity contribution in [2.24, 2.45) is 17.3 Å². The van der Waals surface area contributed by atoms with Crippen LogP contribution >= 0.6 is 0 Å². The highest BCUT2D eigenvalue weighted by Crippen LogP contribution is 2.63. The Balaban J connectivity index is 1.52. The van der Waals surface area contributed by atoms with Crippen LogP contribution in [0.5, 0.6) is 5.88 Å².